The molecule has 1 heterocycles. The maximum absolute atomic E-state index is 12.1. The molecule has 0 aromatic rings. The normalized spacial score (nSPS) is 27.9. The Balaban J connectivity index is 1.90. The summed E-state index contributed by atoms with van der Waals surface area (Å²) in [5.74, 6) is -0.802. The third-order valence-electron chi connectivity index (χ3n) is 4.83. The molecule has 2 N–H and O–H groups in total. The molecule has 21 heavy (non-hydrogen) atoms. The molecular formula is C15H25NO5. The van der Waals surface area contributed by atoms with Crippen LogP contribution in [0.5, 0.6) is 0 Å². The molecule has 1 aliphatic carbocycles. The minimum absolute atomic E-state index is 0.144. The number of amides is 1. The van der Waals surface area contributed by atoms with Gasteiger partial charge < -0.3 is 14.9 Å². The summed E-state index contributed by atoms with van der Waals surface area (Å²) in [6, 6.07) is 0. The first kappa shape index (κ1) is 16.1. The lowest BCUT2D eigenvalue weighted by Gasteiger charge is -2.42. The highest BCUT2D eigenvalue weighted by Gasteiger charge is 2.61. The van der Waals surface area contributed by atoms with Crippen LogP contribution in [0.25, 0.3) is 0 Å². The van der Waals surface area contributed by atoms with E-state index in [1.54, 1.807) is 6.92 Å². The SMILES string of the molecule is C[C@@]1(O)N(CCCCCC(=O)O)C(=O)OC12CCCCC2. The number of unbranched alkanes of at least 4 members (excludes halogenated alkanes) is 2. The number of aliphatic hydroxyl groups is 1. The fourth-order valence-electron chi connectivity index (χ4n) is 3.47. The van der Waals surface area contributed by atoms with E-state index in [4.69, 9.17) is 9.84 Å². The van der Waals surface area contributed by atoms with E-state index in [2.05, 4.69) is 0 Å². The monoisotopic (exact) mass is 299 g/mol. The number of hydrogen-bond donors (Lipinski definition) is 2. The smallest absolute Gasteiger partial charge is 0.412 e. The molecule has 2 rings (SSSR count). The van der Waals surface area contributed by atoms with Crippen molar-refractivity contribution < 1.29 is 24.5 Å². The summed E-state index contributed by atoms with van der Waals surface area (Å²) in [6.45, 7) is 2.08. The lowest BCUT2D eigenvalue weighted by Crippen LogP contribution is -2.57. The van der Waals surface area contributed by atoms with Crippen LogP contribution >= 0.6 is 0 Å². The van der Waals surface area contributed by atoms with Crippen molar-refractivity contribution in [1.82, 2.24) is 4.90 Å². The number of carbonyl (C=O) groups excluding carboxylic acids is 1. The summed E-state index contributed by atoms with van der Waals surface area (Å²) < 4.78 is 5.56. The highest BCUT2D eigenvalue weighted by molar-refractivity contribution is 5.72. The lowest BCUT2D eigenvalue weighted by atomic mass is 9.77. The Bertz CT molecular complexity index is 401. The van der Waals surface area contributed by atoms with Gasteiger partial charge in [0, 0.05) is 13.0 Å². The predicted octanol–water partition coefficient (Wildman–Crippen LogP) is 2.50. The third-order valence-corrected chi connectivity index (χ3v) is 4.83. The van der Waals surface area contributed by atoms with Gasteiger partial charge in [0.25, 0.3) is 0 Å². The van der Waals surface area contributed by atoms with Gasteiger partial charge in [-0.2, -0.15) is 0 Å². The summed E-state index contributed by atoms with van der Waals surface area (Å²) in [7, 11) is 0. The number of carboxylic acid groups (broad SMARTS) is 1. The molecule has 2 fully saturated rings. The largest absolute Gasteiger partial charge is 0.481 e. The van der Waals surface area contributed by atoms with Crippen molar-refractivity contribution in [2.24, 2.45) is 0 Å². The first-order valence-electron chi connectivity index (χ1n) is 7.84. The van der Waals surface area contributed by atoms with Gasteiger partial charge in [0.2, 0.25) is 0 Å². The maximum atomic E-state index is 12.1. The molecule has 0 aromatic carbocycles. The number of ether oxygens (including phenoxy) is 1. The maximum Gasteiger partial charge on any atom is 0.412 e. The Labute approximate surface area is 125 Å². The molecule has 0 bridgehead atoms. The van der Waals surface area contributed by atoms with Crippen molar-refractivity contribution in [2.45, 2.75) is 76.0 Å². The Morgan fingerprint density at radius 2 is 1.90 bits per heavy atom. The van der Waals surface area contributed by atoms with E-state index in [1.807, 2.05) is 0 Å². The van der Waals surface area contributed by atoms with Crippen molar-refractivity contribution in [3.63, 3.8) is 0 Å². The Hall–Kier alpha value is -1.30. The Morgan fingerprint density at radius 3 is 2.52 bits per heavy atom. The van der Waals surface area contributed by atoms with Gasteiger partial charge in [0.1, 0.15) is 0 Å². The first-order valence-corrected chi connectivity index (χ1v) is 7.84. The molecule has 6 heteroatoms. The van der Waals surface area contributed by atoms with Crippen LogP contribution in [0.15, 0.2) is 0 Å². The topological polar surface area (TPSA) is 87.1 Å². The Kier molecular flexibility index (Phi) is 4.76. The zero-order valence-corrected chi connectivity index (χ0v) is 12.6. The molecule has 1 saturated carbocycles. The van der Waals surface area contributed by atoms with Crippen LogP contribution in [0, 0.1) is 0 Å². The molecule has 0 unspecified atom stereocenters. The van der Waals surface area contributed by atoms with Gasteiger partial charge >= 0.3 is 12.1 Å². The van der Waals surface area contributed by atoms with Crippen molar-refractivity contribution in [1.29, 1.82) is 0 Å². The third kappa shape index (κ3) is 3.15. The highest BCUT2D eigenvalue weighted by Crippen LogP contribution is 2.46. The second-order valence-electron chi connectivity index (χ2n) is 6.30. The van der Waals surface area contributed by atoms with Crippen LogP contribution in [0.3, 0.4) is 0 Å². The molecule has 1 saturated heterocycles. The van der Waals surface area contributed by atoms with Crippen LogP contribution in [-0.2, 0) is 9.53 Å². The van der Waals surface area contributed by atoms with Crippen molar-refractivity contribution in [3.05, 3.63) is 0 Å². The number of rotatable bonds is 6. The average Bonchev–Trinajstić information content (AvgIpc) is 2.58. The second-order valence-corrected chi connectivity index (χ2v) is 6.30. The van der Waals surface area contributed by atoms with E-state index in [0.717, 1.165) is 25.7 Å². The van der Waals surface area contributed by atoms with Gasteiger partial charge in [-0.15, -0.1) is 0 Å². The molecule has 1 spiro atoms. The van der Waals surface area contributed by atoms with E-state index in [-0.39, 0.29) is 6.42 Å². The van der Waals surface area contributed by atoms with Crippen molar-refractivity contribution in [3.8, 4) is 0 Å². The van der Waals surface area contributed by atoms with Crippen molar-refractivity contribution >= 4 is 12.1 Å². The molecule has 0 radical (unpaired) electrons. The summed E-state index contributed by atoms with van der Waals surface area (Å²) in [5.41, 5.74) is -2.03. The van der Waals surface area contributed by atoms with Gasteiger partial charge in [-0.05, 0) is 45.4 Å². The van der Waals surface area contributed by atoms with Gasteiger partial charge in [-0.25, -0.2) is 4.79 Å². The Morgan fingerprint density at radius 1 is 1.24 bits per heavy atom. The van der Waals surface area contributed by atoms with Crippen LogP contribution < -0.4 is 0 Å². The van der Waals surface area contributed by atoms with Crippen molar-refractivity contribution in [2.75, 3.05) is 6.54 Å². The number of carbonyl (C=O) groups is 2. The van der Waals surface area contributed by atoms with Gasteiger partial charge in [0.15, 0.2) is 11.3 Å². The molecule has 0 aromatic heterocycles. The van der Waals surface area contributed by atoms with E-state index in [0.29, 0.717) is 32.2 Å². The first-order chi connectivity index (χ1) is 9.89. The zero-order valence-electron chi connectivity index (χ0n) is 12.6. The minimum Gasteiger partial charge on any atom is -0.481 e. The van der Waals surface area contributed by atoms with E-state index in [1.165, 1.54) is 4.90 Å². The molecule has 1 aliphatic heterocycles. The molecule has 2 aliphatic rings. The standard InChI is InChI=1S/C15H25NO5/c1-14(20)15(9-5-3-6-10-15)21-13(19)16(14)11-7-2-4-8-12(17)18/h20H,2-11H2,1H3,(H,17,18)/t14-/m0/s1. The van der Waals surface area contributed by atoms with Crippen LogP contribution in [-0.4, -0.2) is 45.0 Å². The molecule has 120 valence electrons. The zero-order chi connectivity index (χ0) is 15.5. The van der Waals surface area contributed by atoms with Crippen LogP contribution in [0.4, 0.5) is 4.79 Å². The summed E-state index contributed by atoms with van der Waals surface area (Å²) in [6.07, 6.45) is 6.16. The highest BCUT2D eigenvalue weighted by atomic mass is 16.6. The molecular weight excluding hydrogens is 274 g/mol. The fraction of sp³-hybridized carbons (Fsp3) is 0.867. The number of aliphatic carboxylic acids is 1. The second kappa shape index (κ2) is 6.22. The predicted molar refractivity (Wildman–Crippen MR) is 75.7 cm³/mol. The fourth-order valence-corrected chi connectivity index (χ4v) is 3.47. The summed E-state index contributed by atoms with van der Waals surface area (Å²) >= 11 is 0. The van der Waals surface area contributed by atoms with Gasteiger partial charge in [-0.1, -0.05) is 12.8 Å². The number of carboxylic acids is 1. The van der Waals surface area contributed by atoms with E-state index < -0.39 is 23.4 Å². The van der Waals surface area contributed by atoms with Crippen LogP contribution in [0.2, 0.25) is 0 Å². The summed E-state index contributed by atoms with van der Waals surface area (Å²) in [5, 5.41) is 19.4. The quantitative estimate of drug-likeness (QED) is 0.736. The summed E-state index contributed by atoms with van der Waals surface area (Å²) in [4.78, 5) is 24.0. The van der Waals surface area contributed by atoms with Gasteiger partial charge in [0.05, 0.1) is 0 Å². The minimum atomic E-state index is -1.27. The number of nitrogens with zero attached hydrogens (tertiary/aromatic N) is 1. The average molecular weight is 299 g/mol. The molecule has 1 atom stereocenters. The lowest BCUT2D eigenvalue weighted by molar-refractivity contribution is -0.158. The van der Waals surface area contributed by atoms with E-state index >= 15 is 0 Å². The molecule has 6 nitrogen and oxygen atoms in total. The number of hydrogen-bond acceptors (Lipinski definition) is 4. The van der Waals surface area contributed by atoms with Gasteiger partial charge in [-0.3, -0.25) is 9.69 Å². The molecule has 1 amide bonds. The van der Waals surface area contributed by atoms with E-state index in [9.17, 15) is 14.7 Å². The van der Waals surface area contributed by atoms with Crippen LogP contribution in [0.1, 0.15) is 64.7 Å².